The molecule has 0 fully saturated rings. The molecule has 0 aliphatic carbocycles. The summed E-state index contributed by atoms with van der Waals surface area (Å²) in [5, 5.41) is 8.61. The van der Waals surface area contributed by atoms with Crippen LogP contribution in [-0.2, 0) is 0 Å². The van der Waals surface area contributed by atoms with E-state index in [2.05, 4.69) is 24.0 Å². The molecule has 0 amide bonds. The second-order valence-electron chi connectivity index (χ2n) is 4.17. The summed E-state index contributed by atoms with van der Waals surface area (Å²) in [7, 11) is 0. The Kier molecular flexibility index (Phi) is 3.79. The standard InChI is InChI=1S/C13H16ClN3/c1-3-7-10(2)17-12(15-16-13(17)14)11-8-5-4-6-9-11/h4-6,8-10H,3,7H2,1-2H3. The molecule has 0 saturated carbocycles. The lowest BCUT2D eigenvalue weighted by atomic mass is 10.1. The molecule has 0 bridgehead atoms. The smallest absolute Gasteiger partial charge is 0.225 e. The molecule has 3 nitrogen and oxygen atoms in total. The van der Waals surface area contributed by atoms with Crippen LogP contribution < -0.4 is 0 Å². The largest absolute Gasteiger partial charge is 0.295 e. The van der Waals surface area contributed by atoms with E-state index in [1.807, 2.05) is 34.9 Å². The van der Waals surface area contributed by atoms with E-state index in [4.69, 9.17) is 11.6 Å². The molecule has 1 heterocycles. The quantitative estimate of drug-likeness (QED) is 0.821. The third-order valence-electron chi connectivity index (χ3n) is 2.83. The van der Waals surface area contributed by atoms with Gasteiger partial charge in [-0.2, -0.15) is 0 Å². The van der Waals surface area contributed by atoms with Crippen LogP contribution in [0.3, 0.4) is 0 Å². The van der Waals surface area contributed by atoms with Crippen molar-refractivity contribution in [2.24, 2.45) is 0 Å². The molecule has 0 aliphatic heterocycles. The first kappa shape index (κ1) is 12.1. The van der Waals surface area contributed by atoms with Gasteiger partial charge in [0.2, 0.25) is 5.28 Å². The van der Waals surface area contributed by atoms with Crippen LogP contribution in [-0.4, -0.2) is 14.8 Å². The fourth-order valence-corrected chi connectivity index (χ4v) is 2.28. The molecule has 2 rings (SSSR count). The van der Waals surface area contributed by atoms with E-state index in [9.17, 15) is 0 Å². The van der Waals surface area contributed by atoms with Crippen LogP contribution in [0.1, 0.15) is 32.7 Å². The lowest BCUT2D eigenvalue weighted by Crippen LogP contribution is -2.07. The summed E-state index contributed by atoms with van der Waals surface area (Å²) >= 11 is 6.11. The van der Waals surface area contributed by atoms with Crippen molar-refractivity contribution in [3.05, 3.63) is 35.6 Å². The van der Waals surface area contributed by atoms with Gasteiger partial charge in [-0.25, -0.2) is 0 Å². The number of benzene rings is 1. The van der Waals surface area contributed by atoms with Gasteiger partial charge < -0.3 is 0 Å². The Morgan fingerprint density at radius 1 is 1.24 bits per heavy atom. The van der Waals surface area contributed by atoms with Crippen molar-refractivity contribution in [1.82, 2.24) is 14.8 Å². The molecule has 17 heavy (non-hydrogen) atoms. The zero-order valence-corrected chi connectivity index (χ0v) is 10.9. The van der Waals surface area contributed by atoms with Gasteiger partial charge in [0, 0.05) is 11.6 Å². The Hall–Kier alpha value is -1.35. The highest BCUT2D eigenvalue weighted by molar-refractivity contribution is 6.28. The van der Waals surface area contributed by atoms with E-state index in [0.29, 0.717) is 11.3 Å². The summed E-state index contributed by atoms with van der Waals surface area (Å²) in [4.78, 5) is 0. The van der Waals surface area contributed by atoms with Crippen molar-refractivity contribution in [1.29, 1.82) is 0 Å². The molecule has 0 N–H and O–H groups in total. The minimum atomic E-state index is 0.317. The maximum Gasteiger partial charge on any atom is 0.225 e. The van der Waals surface area contributed by atoms with Crippen LogP contribution >= 0.6 is 11.6 Å². The van der Waals surface area contributed by atoms with Gasteiger partial charge in [0.05, 0.1) is 0 Å². The summed E-state index contributed by atoms with van der Waals surface area (Å²) in [5.74, 6) is 0.844. The van der Waals surface area contributed by atoms with Crippen LogP contribution in [0.15, 0.2) is 30.3 Å². The van der Waals surface area contributed by atoms with Crippen molar-refractivity contribution in [2.45, 2.75) is 32.7 Å². The normalized spacial score (nSPS) is 12.6. The lowest BCUT2D eigenvalue weighted by molar-refractivity contribution is 0.504. The molecule has 2 aromatic rings. The van der Waals surface area contributed by atoms with Crippen molar-refractivity contribution < 1.29 is 0 Å². The van der Waals surface area contributed by atoms with Crippen molar-refractivity contribution in [2.75, 3.05) is 0 Å². The minimum absolute atomic E-state index is 0.317. The van der Waals surface area contributed by atoms with Crippen LogP contribution in [0.4, 0.5) is 0 Å². The molecule has 0 saturated heterocycles. The summed E-state index contributed by atoms with van der Waals surface area (Å²) in [6, 6.07) is 10.3. The number of halogens is 1. The molecular weight excluding hydrogens is 234 g/mol. The first-order valence-electron chi connectivity index (χ1n) is 5.89. The second-order valence-corrected chi connectivity index (χ2v) is 4.50. The van der Waals surface area contributed by atoms with E-state index in [1.165, 1.54) is 0 Å². The van der Waals surface area contributed by atoms with Gasteiger partial charge >= 0.3 is 0 Å². The number of aromatic nitrogens is 3. The molecule has 1 aromatic heterocycles. The molecule has 90 valence electrons. The predicted molar refractivity (Wildman–Crippen MR) is 70.1 cm³/mol. The third-order valence-corrected chi connectivity index (χ3v) is 3.09. The zero-order chi connectivity index (χ0) is 12.3. The maximum absolute atomic E-state index is 6.11. The molecule has 1 unspecified atom stereocenters. The highest BCUT2D eigenvalue weighted by atomic mass is 35.5. The monoisotopic (exact) mass is 249 g/mol. The first-order chi connectivity index (χ1) is 8.24. The van der Waals surface area contributed by atoms with Crippen LogP contribution in [0.25, 0.3) is 11.4 Å². The van der Waals surface area contributed by atoms with Gasteiger partial charge in [-0.15, -0.1) is 10.2 Å². The van der Waals surface area contributed by atoms with Gasteiger partial charge in [0.1, 0.15) is 0 Å². The average Bonchev–Trinajstić information content (AvgIpc) is 2.73. The molecule has 1 aromatic carbocycles. The van der Waals surface area contributed by atoms with Crippen molar-refractivity contribution in [3.8, 4) is 11.4 Å². The Morgan fingerprint density at radius 3 is 2.59 bits per heavy atom. The first-order valence-corrected chi connectivity index (χ1v) is 6.27. The van der Waals surface area contributed by atoms with Crippen molar-refractivity contribution in [3.63, 3.8) is 0 Å². The predicted octanol–water partition coefficient (Wildman–Crippen LogP) is 3.96. The number of hydrogen-bond acceptors (Lipinski definition) is 2. The van der Waals surface area contributed by atoms with Gasteiger partial charge in [-0.3, -0.25) is 4.57 Å². The molecule has 1 atom stereocenters. The summed E-state index contributed by atoms with van der Waals surface area (Å²) in [5.41, 5.74) is 1.05. The molecule has 0 aliphatic rings. The summed E-state index contributed by atoms with van der Waals surface area (Å²) in [6.45, 7) is 4.31. The third kappa shape index (κ3) is 2.50. The fraction of sp³-hybridized carbons (Fsp3) is 0.385. The highest BCUT2D eigenvalue weighted by Crippen LogP contribution is 2.26. The van der Waals surface area contributed by atoms with Crippen LogP contribution in [0.5, 0.6) is 0 Å². The SMILES string of the molecule is CCCC(C)n1c(Cl)nnc1-c1ccccc1. The number of nitrogens with zero attached hydrogens (tertiary/aromatic N) is 3. The van der Waals surface area contributed by atoms with Gasteiger partial charge in [0.25, 0.3) is 0 Å². The van der Waals surface area contributed by atoms with E-state index >= 15 is 0 Å². The Bertz CT molecular complexity index is 479. The van der Waals surface area contributed by atoms with E-state index < -0.39 is 0 Å². The fourth-order valence-electron chi connectivity index (χ4n) is 1.99. The zero-order valence-electron chi connectivity index (χ0n) is 10.1. The molecule has 4 heteroatoms. The Balaban J connectivity index is 2.42. The van der Waals surface area contributed by atoms with Gasteiger partial charge in [0.15, 0.2) is 5.82 Å². The number of hydrogen-bond donors (Lipinski definition) is 0. The van der Waals surface area contributed by atoms with Crippen LogP contribution in [0.2, 0.25) is 5.28 Å². The summed E-state index contributed by atoms with van der Waals surface area (Å²) in [6.07, 6.45) is 2.18. The van der Waals surface area contributed by atoms with Gasteiger partial charge in [-0.05, 0) is 24.9 Å². The minimum Gasteiger partial charge on any atom is -0.295 e. The van der Waals surface area contributed by atoms with Gasteiger partial charge in [-0.1, -0.05) is 43.7 Å². The molecule has 0 spiro atoms. The van der Waals surface area contributed by atoms with Crippen LogP contribution in [0, 0.1) is 0 Å². The number of rotatable bonds is 4. The topological polar surface area (TPSA) is 30.7 Å². The highest BCUT2D eigenvalue weighted by Gasteiger charge is 2.16. The van der Waals surface area contributed by atoms with E-state index in [0.717, 1.165) is 24.2 Å². The Morgan fingerprint density at radius 2 is 1.94 bits per heavy atom. The Labute approximate surface area is 106 Å². The average molecular weight is 250 g/mol. The van der Waals surface area contributed by atoms with Crippen molar-refractivity contribution >= 4 is 11.6 Å². The molecule has 0 radical (unpaired) electrons. The van der Waals surface area contributed by atoms with E-state index in [-0.39, 0.29) is 0 Å². The van der Waals surface area contributed by atoms with E-state index in [1.54, 1.807) is 0 Å². The second kappa shape index (κ2) is 5.32. The maximum atomic E-state index is 6.11. The molecular formula is C13H16ClN3. The summed E-state index contributed by atoms with van der Waals surface area (Å²) < 4.78 is 2.00. The lowest BCUT2D eigenvalue weighted by Gasteiger charge is -2.15.